The highest BCUT2D eigenvalue weighted by Gasteiger charge is 2.30. The minimum atomic E-state index is -4.34. The van der Waals surface area contributed by atoms with Crippen molar-refractivity contribution < 1.29 is 18.0 Å². The lowest BCUT2D eigenvalue weighted by Crippen LogP contribution is -2.41. The number of alkyl halides is 3. The number of hydrogen-bond donors (Lipinski definition) is 2. The number of halogens is 3. The SMILES string of the molecule is CCC(NC(C)c1ccc(C(F)(F)F)cc1)C(N)=O. The Morgan fingerprint density at radius 1 is 1.32 bits per heavy atom. The molecule has 0 spiro atoms. The topological polar surface area (TPSA) is 55.1 Å². The monoisotopic (exact) mass is 274 g/mol. The summed E-state index contributed by atoms with van der Waals surface area (Å²) in [5.74, 6) is -0.471. The van der Waals surface area contributed by atoms with E-state index >= 15 is 0 Å². The molecule has 6 heteroatoms. The molecule has 0 bridgehead atoms. The first-order valence-corrected chi connectivity index (χ1v) is 5.98. The minimum Gasteiger partial charge on any atom is -0.368 e. The molecular weight excluding hydrogens is 257 g/mol. The van der Waals surface area contributed by atoms with Crippen molar-refractivity contribution in [1.82, 2.24) is 5.32 Å². The molecule has 3 N–H and O–H groups in total. The first kappa shape index (κ1) is 15.5. The molecule has 0 aliphatic carbocycles. The van der Waals surface area contributed by atoms with E-state index in [4.69, 9.17) is 5.73 Å². The van der Waals surface area contributed by atoms with Gasteiger partial charge in [-0.25, -0.2) is 0 Å². The number of primary amides is 1. The number of benzene rings is 1. The first-order valence-electron chi connectivity index (χ1n) is 5.98. The van der Waals surface area contributed by atoms with Gasteiger partial charge in [0.25, 0.3) is 0 Å². The van der Waals surface area contributed by atoms with Crippen molar-refractivity contribution in [2.45, 2.75) is 38.5 Å². The van der Waals surface area contributed by atoms with Crippen LogP contribution >= 0.6 is 0 Å². The summed E-state index contributed by atoms with van der Waals surface area (Å²) in [6, 6.07) is 4.11. The predicted octanol–water partition coefficient (Wildman–Crippen LogP) is 2.62. The van der Waals surface area contributed by atoms with Gasteiger partial charge >= 0.3 is 6.18 Å². The van der Waals surface area contributed by atoms with Crippen molar-refractivity contribution in [3.05, 3.63) is 35.4 Å². The van der Waals surface area contributed by atoms with Gasteiger partial charge in [0, 0.05) is 6.04 Å². The Hall–Kier alpha value is -1.56. The molecular formula is C13H17F3N2O. The first-order chi connectivity index (χ1) is 8.75. The molecule has 0 saturated heterocycles. The van der Waals surface area contributed by atoms with E-state index in [0.717, 1.165) is 12.1 Å². The number of nitrogens with two attached hydrogens (primary N) is 1. The van der Waals surface area contributed by atoms with Crippen molar-refractivity contribution in [1.29, 1.82) is 0 Å². The maximum Gasteiger partial charge on any atom is 0.416 e. The quantitative estimate of drug-likeness (QED) is 0.867. The molecule has 2 atom stereocenters. The molecule has 0 heterocycles. The average Bonchev–Trinajstić information content (AvgIpc) is 2.34. The standard InChI is InChI=1S/C13H17F3N2O/c1-3-11(12(17)19)18-8(2)9-4-6-10(7-5-9)13(14,15)16/h4-8,11,18H,3H2,1-2H3,(H2,17,19). The van der Waals surface area contributed by atoms with E-state index in [9.17, 15) is 18.0 Å². The van der Waals surface area contributed by atoms with Crippen LogP contribution in [0, 0.1) is 0 Å². The molecule has 0 radical (unpaired) electrons. The van der Waals surface area contributed by atoms with Crippen molar-refractivity contribution in [2.24, 2.45) is 5.73 Å². The second-order valence-corrected chi connectivity index (χ2v) is 4.37. The summed E-state index contributed by atoms with van der Waals surface area (Å²) in [5.41, 5.74) is 5.19. The summed E-state index contributed by atoms with van der Waals surface area (Å²) >= 11 is 0. The van der Waals surface area contributed by atoms with E-state index < -0.39 is 23.7 Å². The second kappa shape index (κ2) is 6.06. The van der Waals surface area contributed by atoms with Crippen LogP contribution < -0.4 is 11.1 Å². The predicted molar refractivity (Wildman–Crippen MR) is 66.3 cm³/mol. The number of carbonyl (C=O) groups excluding carboxylic acids is 1. The highest BCUT2D eigenvalue weighted by Crippen LogP contribution is 2.29. The van der Waals surface area contributed by atoms with Gasteiger partial charge in [-0.2, -0.15) is 13.2 Å². The molecule has 1 amide bonds. The van der Waals surface area contributed by atoms with Gasteiger partial charge in [-0.3, -0.25) is 10.1 Å². The molecule has 19 heavy (non-hydrogen) atoms. The summed E-state index contributed by atoms with van der Waals surface area (Å²) in [6.45, 7) is 3.58. The van der Waals surface area contributed by atoms with Crippen molar-refractivity contribution in [2.75, 3.05) is 0 Å². The van der Waals surface area contributed by atoms with E-state index in [0.29, 0.717) is 12.0 Å². The Labute approximate surface area is 110 Å². The third-order valence-electron chi connectivity index (χ3n) is 2.94. The molecule has 1 aromatic rings. The lowest BCUT2D eigenvalue weighted by molar-refractivity contribution is -0.137. The number of rotatable bonds is 5. The zero-order chi connectivity index (χ0) is 14.6. The number of nitrogens with one attached hydrogen (secondary N) is 1. The highest BCUT2D eigenvalue weighted by atomic mass is 19.4. The van der Waals surface area contributed by atoms with Gasteiger partial charge in [-0.05, 0) is 31.0 Å². The molecule has 3 nitrogen and oxygen atoms in total. The van der Waals surface area contributed by atoms with Crippen LogP contribution in [0.4, 0.5) is 13.2 Å². The fourth-order valence-corrected chi connectivity index (χ4v) is 1.76. The van der Waals surface area contributed by atoms with Crippen LogP contribution in [0.25, 0.3) is 0 Å². The zero-order valence-electron chi connectivity index (χ0n) is 10.8. The Morgan fingerprint density at radius 3 is 2.21 bits per heavy atom. The summed E-state index contributed by atoms with van der Waals surface area (Å²) < 4.78 is 37.2. The van der Waals surface area contributed by atoms with Gasteiger partial charge in [0.1, 0.15) is 0 Å². The molecule has 0 aliphatic heterocycles. The maximum atomic E-state index is 12.4. The van der Waals surface area contributed by atoms with Crippen LogP contribution in [0.5, 0.6) is 0 Å². The van der Waals surface area contributed by atoms with Gasteiger partial charge in [-0.15, -0.1) is 0 Å². The number of amides is 1. The van der Waals surface area contributed by atoms with Crippen LogP contribution in [0.2, 0.25) is 0 Å². The van der Waals surface area contributed by atoms with Crippen LogP contribution in [0.3, 0.4) is 0 Å². The van der Waals surface area contributed by atoms with E-state index in [1.807, 2.05) is 6.92 Å². The highest BCUT2D eigenvalue weighted by molar-refractivity contribution is 5.79. The van der Waals surface area contributed by atoms with Crippen molar-refractivity contribution in [3.8, 4) is 0 Å². The van der Waals surface area contributed by atoms with Gasteiger partial charge in [0.05, 0.1) is 11.6 Å². The second-order valence-electron chi connectivity index (χ2n) is 4.37. The number of carbonyl (C=O) groups is 1. The maximum absolute atomic E-state index is 12.4. The molecule has 2 unspecified atom stereocenters. The summed E-state index contributed by atoms with van der Waals surface area (Å²) in [5, 5.41) is 2.98. The van der Waals surface area contributed by atoms with E-state index in [2.05, 4.69) is 5.32 Å². The Balaban J connectivity index is 2.78. The normalized spacial score (nSPS) is 15.0. The molecule has 0 aliphatic rings. The van der Waals surface area contributed by atoms with Gasteiger partial charge in [0.2, 0.25) is 5.91 Å². The van der Waals surface area contributed by atoms with Crippen LogP contribution in [0.15, 0.2) is 24.3 Å². The molecule has 0 fully saturated rings. The van der Waals surface area contributed by atoms with Gasteiger partial charge < -0.3 is 5.73 Å². The van der Waals surface area contributed by atoms with Crippen LogP contribution in [-0.2, 0) is 11.0 Å². The van der Waals surface area contributed by atoms with E-state index in [1.54, 1.807) is 6.92 Å². The minimum absolute atomic E-state index is 0.250. The van der Waals surface area contributed by atoms with Gasteiger partial charge in [0.15, 0.2) is 0 Å². The summed E-state index contributed by atoms with van der Waals surface area (Å²) in [6.07, 6.45) is -3.81. The molecule has 1 aromatic carbocycles. The number of hydrogen-bond acceptors (Lipinski definition) is 2. The Bertz CT molecular complexity index is 429. The van der Waals surface area contributed by atoms with Crippen molar-refractivity contribution >= 4 is 5.91 Å². The smallest absolute Gasteiger partial charge is 0.368 e. The molecule has 0 saturated carbocycles. The molecule has 0 aromatic heterocycles. The fourth-order valence-electron chi connectivity index (χ4n) is 1.76. The molecule has 106 valence electrons. The summed E-state index contributed by atoms with van der Waals surface area (Å²) in [7, 11) is 0. The fraction of sp³-hybridized carbons (Fsp3) is 0.462. The third kappa shape index (κ3) is 4.24. The summed E-state index contributed by atoms with van der Waals surface area (Å²) in [4.78, 5) is 11.1. The van der Waals surface area contributed by atoms with Crippen LogP contribution in [0.1, 0.15) is 37.4 Å². The third-order valence-corrected chi connectivity index (χ3v) is 2.94. The Morgan fingerprint density at radius 2 is 1.84 bits per heavy atom. The molecule has 1 rings (SSSR count). The van der Waals surface area contributed by atoms with Crippen molar-refractivity contribution in [3.63, 3.8) is 0 Å². The van der Waals surface area contributed by atoms with E-state index in [-0.39, 0.29) is 6.04 Å². The van der Waals surface area contributed by atoms with Gasteiger partial charge in [-0.1, -0.05) is 19.1 Å². The Kier molecular flexibility index (Phi) is 4.94. The zero-order valence-corrected chi connectivity index (χ0v) is 10.8. The lowest BCUT2D eigenvalue weighted by atomic mass is 10.0. The largest absolute Gasteiger partial charge is 0.416 e. The van der Waals surface area contributed by atoms with Crippen LogP contribution in [-0.4, -0.2) is 11.9 Å². The average molecular weight is 274 g/mol. The lowest BCUT2D eigenvalue weighted by Gasteiger charge is -2.20. The van der Waals surface area contributed by atoms with E-state index in [1.165, 1.54) is 12.1 Å².